The summed E-state index contributed by atoms with van der Waals surface area (Å²) in [7, 11) is 0. The first-order valence-corrected chi connectivity index (χ1v) is 8.26. The number of nitrogens with one attached hydrogen (secondary N) is 4. The van der Waals surface area contributed by atoms with Crippen molar-refractivity contribution in [3.05, 3.63) is 35.9 Å². The van der Waals surface area contributed by atoms with E-state index >= 15 is 0 Å². The normalized spacial score (nSPS) is 11.0. The molecule has 11 nitrogen and oxygen atoms in total. The average molecular weight is 394 g/mol. The molecule has 152 valence electrons. The Morgan fingerprint density at radius 1 is 1.04 bits per heavy atom. The second kappa shape index (κ2) is 12.8. The average Bonchev–Trinajstić information content (AvgIpc) is 2.68. The molecule has 0 fully saturated rings. The van der Waals surface area contributed by atoms with Crippen LogP contribution in [0.1, 0.15) is 5.56 Å². The minimum Gasteiger partial charge on any atom is -0.480 e. The topological polar surface area (TPSA) is 163 Å². The third-order valence-electron chi connectivity index (χ3n) is 3.30. The number of carboxylic acids is 1. The Hall–Kier alpha value is -3.47. The van der Waals surface area contributed by atoms with E-state index in [0.29, 0.717) is 6.41 Å². The van der Waals surface area contributed by atoms with E-state index in [1.807, 2.05) is 6.07 Å². The zero-order valence-electron chi connectivity index (χ0n) is 15.0. The molecule has 0 heterocycles. The van der Waals surface area contributed by atoms with Crippen LogP contribution in [0.25, 0.3) is 0 Å². The van der Waals surface area contributed by atoms with Gasteiger partial charge in [0.25, 0.3) is 0 Å². The number of carbonyl (C=O) groups is 5. The Morgan fingerprint density at radius 2 is 1.75 bits per heavy atom. The van der Waals surface area contributed by atoms with Crippen LogP contribution in [0.15, 0.2) is 30.3 Å². The minimum atomic E-state index is -1.17. The highest BCUT2D eigenvalue weighted by Crippen LogP contribution is 2.03. The van der Waals surface area contributed by atoms with Gasteiger partial charge in [-0.3, -0.25) is 19.2 Å². The van der Waals surface area contributed by atoms with Gasteiger partial charge in [-0.05, 0) is 5.56 Å². The summed E-state index contributed by atoms with van der Waals surface area (Å²) in [5.74, 6) is -2.92. The molecule has 1 rings (SSSR count). The van der Waals surface area contributed by atoms with Gasteiger partial charge in [0.05, 0.1) is 13.1 Å². The van der Waals surface area contributed by atoms with Crippen LogP contribution in [-0.2, 0) is 35.1 Å². The number of amides is 4. The fraction of sp³-hybridized carbons (Fsp3) is 0.353. The summed E-state index contributed by atoms with van der Waals surface area (Å²) < 4.78 is 4.65. The van der Waals surface area contributed by atoms with Crippen LogP contribution in [0, 0.1) is 0 Å². The van der Waals surface area contributed by atoms with E-state index in [0.717, 1.165) is 5.56 Å². The van der Waals surface area contributed by atoms with Crippen LogP contribution in [0.2, 0.25) is 0 Å². The number of carboxylic acid groups (broad SMARTS) is 1. The Labute approximate surface area is 160 Å². The van der Waals surface area contributed by atoms with Crippen LogP contribution in [0.4, 0.5) is 0 Å². The largest absolute Gasteiger partial charge is 0.480 e. The van der Waals surface area contributed by atoms with Crippen LogP contribution >= 0.6 is 0 Å². The van der Waals surface area contributed by atoms with Crippen molar-refractivity contribution in [3.8, 4) is 0 Å². The van der Waals surface area contributed by atoms with Crippen molar-refractivity contribution >= 4 is 30.1 Å². The second-order valence-electron chi connectivity index (χ2n) is 5.51. The first kappa shape index (κ1) is 22.6. The third kappa shape index (κ3) is 9.87. The lowest BCUT2D eigenvalue weighted by molar-refractivity contribution is -0.143. The van der Waals surface area contributed by atoms with Crippen molar-refractivity contribution < 1.29 is 33.8 Å². The molecule has 0 aliphatic rings. The van der Waals surface area contributed by atoms with E-state index in [1.54, 1.807) is 24.3 Å². The minimum absolute atomic E-state index is 0.183. The number of ether oxygens (including phenoxy) is 1. The fourth-order valence-electron chi connectivity index (χ4n) is 2.06. The lowest BCUT2D eigenvalue weighted by Crippen LogP contribution is -2.51. The van der Waals surface area contributed by atoms with Gasteiger partial charge in [-0.25, -0.2) is 4.79 Å². The zero-order chi connectivity index (χ0) is 20.8. The second-order valence-corrected chi connectivity index (χ2v) is 5.51. The quantitative estimate of drug-likeness (QED) is 0.143. The van der Waals surface area contributed by atoms with E-state index in [9.17, 15) is 24.0 Å². The summed E-state index contributed by atoms with van der Waals surface area (Å²) in [5.41, 5.74) is 0.790. The van der Waals surface area contributed by atoms with Crippen molar-refractivity contribution in [3.63, 3.8) is 0 Å². The monoisotopic (exact) mass is 394 g/mol. The zero-order valence-corrected chi connectivity index (χ0v) is 15.0. The molecule has 0 aliphatic carbocycles. The molecule has 0 aliphatic heterocycles. The first-order valence-electron chi connectivity index (χ1n) is 8.26. The Morgan fingerprint density at radius 3 is 2.39 bits per heavy atom. The Kier molecular flexibility index (Phi) is 10.3. The smallest absolute Gasteiger partial charge is 0.329 e. The molecule has 0 spiro atoms. The van der Waals surface area contributed by atoms with Crippen molar-refractivity contribution in [2.75, 3.05) is 26.4 Å². The number of aliphatic carboxylic acids is 1. The highest BCUT2D eigenvalue weighted by Gasteiger charge is 2.21. The third-order valence-corrected chi connectivity index (χ3v) is 3.30. The van der Waals surface area contributed by atoms with Crippen LogP contribution in [0.3, 0.4) is 0 Å². The molecule has 0 saturated carbocycles. The summed E-state index contributed by atoms with van der Waals surface area (Å²) in [6.45, 7) is -1.55. The highest BCUT2D eigenvalue weighted by molar-refractivity contribution is 5.91. The first-order chi connectivity index (χ1) is 13.4. The molecule has 1 aromatic rings. The van der Waals surface area contributed by atoms with Gasteiger partial charge >= 0.3 is 5.97 Å². The molecule has 0 aromatic heterocycles. The fourth-order valence-corrected chi connectivity index (χ4v) is 2.06. The van der Waals surface area contributed by atoms with Crippen molar-refractivity contribution in [2.45, 2.75) is 12.5 Å². The molecular formula is C17H22N4O7. The molecule has 5 N–H and O–H groups in total. The van der Waals surface area contributed by atoms with Gasteiger partial charge in [0.15, 0.2) is 0 Å². The van der Waals surface area contributed by atoms with Crippen LogP contribution in [-0.4, -0.2) is 67.7 Å². The lowest BCUT2D eigenvalue weighted by Gasteiger charge is -2.18. The maximum atomic E-state index is 12.4. The number of carbonyl (C=O) groups excluding carboxylic acids is 4. The van der Waals surface area contributed by atoms with Crippen molar-refractivity contribution in [2.24, 2.45) is 0 Å². The van der Waals surface area contributed by atoms with Crippen molar-refractivity contribution in [1.29, 1.82) is 0 Å². The highest BCUT2D eigenvalue weighted by atomic mass is 16.5. The summed E-state index contributed by atoms with van der Waals surface area (Å²) in [6.07, 6.45) is 0.547. The molecule has 28 heavy (non-hydrogen) atoms. The summed E-state index contributed by atoms with van der Waals surface area (Å²) in [6, 6.07) is 7.97. The standard InChI is InChI=1S/C17H22N4O7/c22-10-18-7-15(24)21-13(6-12-4-2-1-3-5-12)17(27)19-8-14(23)20-11-28-9-16(25)26/h1-5,10,13H,6-9,11H2,(H,18,22)(H,19,27)(H,20,23)(H,21,24)(H,25,26). The van der Waals surface area contributed by atoms with Gasteiger partial charge in [-0.2, -0.15) is 0 Å². The molecule has 1 atom stereocenters. The number of benzene rings is 1. The van der Waals surface area contributed by atoms with E-state index in [-0.39, 0.29) is 26.2 Å². The molecule has 1 aromatic carbocycles. The van der Waals surface area contributed by atoms with E-state index in [4.69, 9.17) is 5.11 Å². The number of rotatable bonds is 13. The predicted molar refractivity (Wildman–Crippen MR) is 95.8 cm³/mol. The number of hydrogen-bond donors (Lipinski definition) is 5. The maximum Gasteiger partial charge on any atom is 0.329 e. The van der Waals surface area contributed by atoms with E-state index < -0.39 is 36.3 Å². The van der Waals surface area contributed by atoms with Gasteiger partial charge in [-0.15, -0.1) is 0 Å². The lowest BCUT2D eigenvalue weighted by atomic mass is 10.1. The van der Waals surface area contributed by atoms with Gasteiger partial charge in [-0.1, -0.05) is 30.3 Å². The molecule has 11 heteroatoms. The predicted octanol–water partition coefficient (Wildman–Crippen LogP) is -2.25. The van der Waals surface area contributed by atoms with Crippen molar-refractivity contribution in [1.82, 2.24) is 21.3 Å². The molecule has 4 amide bonds. The molecule has 0 radical (unpaired) electrons. The molecular weight excluding hydrogens is 372 g/mol. The van der Waals surface area contributed by atoms with Gasteiger partial charge in [0, 0.05) is 6.42 Å². The molecule has 0 bridgehead atoms. The van der Waals surface area contributed by atoms with Gasteiger partial charge in [0.1, 0.15) is 19.4 Å². The van der Waals surface area contributed by atoms with E-state index in [2.05, 4.69) is 26.0 Å². The summed E-state index contributed by atoms with van der Waals surface area (Å²) in [5, 5.41) is 17.8. The van der Waals surface area contributed by atoms with Gasteiger partial charge in [0.2, 0.25) is 24.1 Å². The summed E-state index contributed by atoms with van der Waals surface area (Å²) >= 11 is 0. The molecule has 0 saturated heterocycles. The SMILES string of the molecule is O=CNCC(=O)NC(Cc1ccccc1)C(=O)NCC(=O)NCOCC(=O)O. The molecule has 1 unspecified atom stereocenters. The van der Waals surface area contributed by atoms with Gasteiger partial charge < -0.3 is 31.1 Å². The maximum absolute atomic E-state index is 12.4. The Bertz CT molecular complexity index is 681. The summed E-state index contributed by atoms with van der Waals surface area (Å²) in [4.78, 5) is 56.4. The Balaban J connectivity index is 2.55. The van der Waals surface area contributed by atoms with Crippen LogP contribution in [0.5, 0.6) is 0 Å². The van der Waals surface area contributed by atoms with Crippen LogP contribution < -0.4 is 21.3 Å². The number of hydrogen-bond acceptors (Lipinski definition) is 6. The van der Waals surface area contributed by atoms with E-state index in [1.165, 1.54) is 0 Å².